The maximum atomic E-state index is 12.3. The molecule has 0 radical (unpaired) electrons. The number of anilines is 1. The Morgan fingerprint density at radius 2 is 2.06 bits per heavy atom. The first-order valence-electron chi connectivity index (χ1n) is 6.04. The average molecular weight is 234 g/mol. The minimum atomic E-state index is -0.235. The van der Waals surface area contributed by atoms with Crippen LogP contribution in [0.3, 0.4) is 0 Å². The van der Waals surface area contributed by atoms with Crippen LogP contribution in [0.25, 0.3) is 0 Å². The van der Waals surface area contributed by atoms with Gasteiger partial charge in [-0.15, -0.1) is 0 Å². The molecule has 1 amide bonds. The Morgan fingerprint density at radius 3 is 2.65 bits per heavy atom. The van der Waals surface area contributed by atoms with Gasteiger partial charge in [0.05, 0.1) is 23.5 Å². The molecule has 0 aliphatic carbocycles. The fourth-order valence-corrected chi connectivity index (χ4v) is 2.27. The fourth-order valence-electron chi connectivity index (χ4n) is 2.27. The third-order valence-corrected chi connectivity index (χ3v) is 3.54. The highest BCUT2D eigenvalue weighted by atomic mass is 16.2. The maximum Gasteiger partial charge on any atom is 0.230 e. The molecular formula is C12H18N4O. The number of amides is 1. The first-order valence-corrected chi connectivity index (χ1v) is 6.04. The largest absolute Gasteiger partial charge is 0.323 e. The van der Waals surface area contributed by atoms with Crippen molar-refractivity contribution in [2.75, 3.05) is 18.4 Å². The van der Waals surface area contributed by atoms with E-state index in [1.165, 1.54) is 6.33 Å². The second kappa shape index (κ2) is 5.23. The molecule has 0 saturated carbocycles. The van der Waals surface area contributed by atoms with Crippen LogP contribution in [-0.2, 0) is 4.79 Å². The molecule has 5 nitrogen and oxygen atoms in total. The van der Waals surface area contributed by atoms with E-state index in [0.29, 0.717) is 5.69 Å². The van der Waals surface area contributed by atoms with Crippen molar-refractivity contribution in [3.05, 3.63) is 18.7 Å². The summed E-state index contributed by atoms with van der Waals surface area (Å²) in [5, 5.41) is 6.20. The molecule has 0 unspecified atom stereocenters. The van der Waals surface area contributed by atoms with Crippen molar-refractivity contribution in [1.82, 2.24) is 15.3 Å². The Bertz CT molecular complexity index is 373. The van der Waals surface area contributed by atoms with Gasteiger partial charge in [0, 0.05) is 0 Å². The molecule has 0 bridgehead atoms. The fraction of sp³-hybridized carbons (Fsp3) is 0.583. The summed E-state index contributed by atoms with van der Waals surface area (Å²) in [6, 6.07) is 0. The van der Waals surface area contributed by atoms with Crippen molar-refractivity contribution in [3.8, 4) is 0 Å². The topological polar surface area (TPSA) is 66.9 Å². The highest BCUT2D eigenvalue weighted by Gasteiger charge is 2.37. The number of nitrogens with one attached hydrogen (secondary N) is 2. The molecule has 1 aromatic heterocycles. The SMILES string of the molecule is CCC1(C(=O)Nc2cncnc2)CCNCC1. The van der Waals surface area contributed by atoms with Crippen LogP contribution in [0.5, 0.6) is 0 Å². The third-order valence-electron chi connectivity index (χ3n) is 3.54. The van der Waals surface area contributed by atoms with Gasteiger partial charge in [-0.25, -0.2) is 9.97 Å². The summed E-state index contributed by atoms with van der Waals surface area (Å²) in [5.74, 6) is 0.0938. The molecule has 1 aliphatic rings. The molecule has 2 N–H and O–H groups in total. The zero-order chi connectivity index (χ0) is 12.1. The number of nitrogens with zero attached hydrogens (tertiary/aromatic N) is 2. The maximum absolute atomic E-state index is 12.3. The van der Waals surface area contributed by atoms with E-state index in [-0.39, 0.29) is 11.3 Å². The van der Waals surface area contributed by atoms with Crippen LogP contribution in [0.15, 0.2) is 18.7 Å². The number of rotatable bonds is 3. The summed E-state index contributed by atoms with van der Waals surface area (Å²) in [6.45, 7) is 3.89. The van der Waals surface area contributed by atoms with Crippen LogP contribution in [0, 0.1) is 5.41 Å². The summed E-state index contributed by atoms with van der Waals surface area (Å²) in [4.78, 5) is 20.1. The van der Waals surface area contributed by atoms with E-state index >= 15 is 0 Å². The van der Waals surface area contributed by atoms with Crippen LogP contribution < -0.4 is 10.6 Å². The lowest BCUT2D eigenvalue weighted by molar-refractivity contribution is -0.127. The van der Waals surface area contributed by atoms with Crippen molar-refractivity contribution in [1.29, 1.82) is 0 Å². The lowest BCUT2D eigenvalue weighted by Gasteiger charge is -2.35. The summed E-state index contributed by atoms with van der Waals surface area (Å²) in [5.41, 5.74) is 0.435. The number of piperidine rings is 1. The van der Waals surface area contributed by atoms with E-state index in [4.69, 9.17) is 0 Å². The Hall–Kier alpha value is -1.49. The Kier molecular flexibility index (Phi) is 3.68. The lowest BCUT2D eigenvalue weighted by Crippen LogP contribution is -2.44. The highest BCUT2D eigenvalue weighted by Crippen LogP contribution is 2.33. The van der Waals surface area contributed by atoms with Crippen molar-refractivity contribution in [3.63, 3.8) is 0 Å². The summed E-state index contributed by atoms with van der Waals surface area (Å²) in [6.07, 6.45) is 7.35. The standard InChI is InChI=1S/C12H18N4O/c1-2-12(3-5-13-6-4-12)11(17)16-10-7-14-9-15-8-10/h7-9,13H,2-6H2,1H3,(H,16,17). The van der Waals surface area contributed by atoms with E-state index in [1.807, 2.05) is 0 Å². The number of carbonyl (C=O) groups excluding carboxylic acids is 1. The number of hydrogen-bond donors (Lipinski definition) is 2. The predicted octanol–water partition coefficient (Wildman–Crippen LogP) is 1.19. The van der Waals surface area contributed by atoms with Crippen LogP contribution >= 0.6 is 0 Å². The van der Waals surface area contributed by atoms with Gasteiger partial charge in [0.25, 0.3) is 0 Å². The van der Waals surface area contributed by atoms with Gasteiger partial charge >= 0.3 is 0 Å². The van der Waals surface area contributed by atoms with Crippen LogP contribution in [0.4, 0.5) is 5.69 Å². The molecule has 17 heavy (non-hydrogen) atoms. The van der Waals surface area contributed by atoms with E-state index in [1.54, 1.807) is 12.4 Å². The van der Waals surface area contributed by atoms with Crippen LogP contribution in [0.1, 0.15) is 26.2 Å². The molecule has 2 heterocycles. The molecule has 92 valence electrons. The lowest BCUT2D eigenvalue weighted by atomic mass is 9.76. The molecule has 0 aromatic carbocycles. The normalized spacial score (nSPS) is 18.6. The van der Waals surface area contributed by atoms with Crippen molar-refractivity contribution >= 4 is 11.6 Å². The molecule has 5 heteroatoms. The van der Waals surface area contributed by atoms with Gasteiger partial charge in [0.2, 0.25) is 5.91 Å². The first kappa shape index (κ1) is 12.0. The Morgan fingerprint density at radius 1 is 1.41 bits per heavy atom. The zero-order valence-corrected chi connectivity index (χ0v) is 10.1. The molecule has 1 fully saturated rings. The molecule has 1 aromatic rings. The van der Waals surface area contributed by atoms with Crippen molar-refractivity contribution in [2.45, 2.75) is 26.2 Å². The predicted molar refractivity (Wildman–Crippen MR) is 65.5 cm³/mol. The molecule has 1 saturated heterocycles. The monoisotopic (exact) mass is 234 g/mol. The first-order chi connectivity index (χ1) is 8.27. The van der Waals surface area contributed by atoms with Crippen molar-refractivity contribution in [2.24, 2.45) is 5.41 Å². The van der Waals surface area contributed by atoms with E-state index in [2.05, 4.69) is 27.5 Å². The number of aromatic nitrogens is 2. The van der Waals surface area contributed by atoms with Gasteiger partial charge in [0.1, 0.15) is 6.33 Å². The molecule has 0 atom stereocenters. The van der Waals surface area contributed by atoms with Gasteiger partial charge in [-0.3, -0.25) is 4.79 Å². The molecule has 0 spiro atoms. The van der Waals surface area contributed by atoms with E-state index in [9.17, 15) is 4.79 Å². The van der Waals surface area contributed by atoms with Crippen molar-refractivity contribution < 1.29 is 4.79 Å². The Labute approximate surface area is 101 Å². The van der Waals surface area contributed by atoms with E-state index < -0.39 is 0 Å². The molecule has 1 aliphatic heterocycles. The van der Waals surface area contributed by atoms with Gasteiger partial charge in [0.15, 0.2) is 0 Å². The zero-order valence-electron chi connectivity index (χ0n) is 10.1. The number of hydrogen-bond acceptors (Lipinski definition) is 4. The average Bonchev–Trinajstić information content (AvgIpc) is 2.40. The Balaban J connectivity index is 2.07. The summed E-state index contributed by atoms with van der Waals surface area (Å²) < 4.78 is 0. The minimum absolute atomic E-state index is 0.0938. The third kappa shape index (κ3) is 2.61. The molecule has 2 rings (SSSR count). The van der Waals surface area contributed by atoms with Gasteiger partial charge in [-0.05, 0) is 32.4 Å². The second-order valence-corrected chi connectivity index (χ2v) is 4.47. The van der Waals surface area contributed by atoms with Crippen LogP contribution in [-0.4, -0.2) is 29.0 Å². The van der Waals surface area contributed by atoms with E-state index in [0.717, 1.165) is 32.4 Å². The van der Waals surface area contributed by atoms with Crippen LogP contribution in [0.2, 0.25) is 0 Å². The minimum Gasteiger partial charge on any atom is -0.323 e. The highest BCUT2D eigenvalue weighted by molar-refractivity contribution is 5.95. The summed E-state index contributed by atoms with van der Waals surface area (Å²) in [7, 11) is 0. The quantitative estimate of drug-likeness (QED) is 0.824. The number of carbonyl (C=O) groups is 1. The van der Waals surface area contributed by atoms with Gasteiger partial charge in [-0.2, -0.15) is 0 Å². The second-order valence-electron chi connectivity index (χ2n) is 4.47. The molecular weight excluding hydrogens is 216 g/mol. The smallest absolute Gasteiger partial charge is 0.230 e. The summed E-state index contributed by atoms with van der Waals surface area (Å²) >= 11 is 0. The van der Waals surface area contributed by atoms with Gasteiger partial charge in [-0.1, -0.05) is 6.92 Å². The van der Waals surface area contributed by atoms with Gasteiger partial charge < -0.3 is 10.6 Å².